The van der Waals surface area contributed by atoms with Crippen LogP contribution >= 0.6 is 0 Å². The first-order chi connectivity index (χ1) is 11.6. The third-order valence-corrected chi connectivity index (χ3v) is 3.88. The van der Waals surface area contributed by atoms with E-state index in [4.69, 9.17) is 4.74 Å². The third kappa shape index (κ3) is 3.71. The van der Waals surface area contributed by atoms with Gasteiger partial charge >= 0.3 is 5.97 Å². The summed E-state index contributed by atoms with van der Waals surface area (Å²) in [5, 5.41) is 0. The van der Waals surface area contributed by atoms with Crippen LogP contribution < -0.4 is 9.64 Å². The zero-order valence-corrected chi connectivity index (χ0v) is 13.5. The molecule has 6 nitrogen and oxygen atoms in total. The summed E-state index contributed by atoms with van der Waals surface area (Å²) in [6.07, 6.45) is 1.77. The highest BCUT2D eigenvalue weighted by Crippen LogP contribution is 2.18. The number of amides is 1. The molecule has 24 heavy (non-hydrogen) atoms. The maximum Gasteiger partial charge on any atom is 0.308 e. The fourth-order valence-electron chi connectivity index (χ4n) is 2.72. The molecule has 2 aromatic rings. The number of carbonyl (C=O) groups excluding carboxylic acids is 2. The molecule has 0 saturated carbocycles. The molecule has 0 spiro atoms. The molecule has 1 aromatic heterocycles. The molecule has 1 amide bonds. The average Bonchev–Trinajstić information content (AvgIpc) is 2.62. The number of pyridine rings is 1. The lowest BCUT2D eigenvalue weighted by Gasteiger charge is -2.35. The van der Waals surface area contributed by atoms with Crippen molar-refractivity contribution in [1.29, 1.82) is 0 Å². The van der Waals surface area contributed by atoms with Crippen molar-refractivity contribution >= 4 is 17.7 Å². The number of nitrogens with zero attached hydrogens (tertiary/aromatic N) is 3. The fraction of sp³-hybridized carbons (Fsp3) is 0.278. The van der Waals surface area contributed by atoms with Gasteiger partial charge in [0.05, 0.1) is 0 Å². The Morgan fingerprint density at radius 1 is 1.04 bits per heavy atom. The maximum atomic E-state index is 12.6. The smallest absolute Gasteiger partial charge is 0.308 e. The van der Waals surface area contributed by atoms with E-state index < -0.39 is 5.97 Å². The number of hydrogen-bond acceptors (Lipinski definition) is 5. The molecule has 1 aliphatic heterocycles. The van der Waals surface area contributed by atoms with Crippen molar-refractivity contribution in [3.05, 3.63) is 54.2 Å². The van der Waals surface area contributed by atoms with Gasteiger partial charge in [-0.05, 0) is 30.3 Å². The summed E-state index contributed by atoms with van der Waals surface area (Å²) < 4.78 is 5.04. The Bertz CT molecular complexity index is 725. The number of carbonyl (C=O) groups is 2. The highest BCUT2D eigenvalue weighted by Gasteiger charge is 2.23. The van der Waals surface area contributed by atoms with Crippen molar-refractivity contribution in [1.82, 2.24) is 9.88 Å². The molecule has 124 valence electrons. The summed E-state index contributed by atoms with van der Waals surface area (Å²) >= 11 is 0. The molecule has 0 atom stereocenters. The summed E-state index contributed by atoms with van der Waals surface area (Å²) in [5.41, 5.74) is 0.528. The van der Waals surface area contributed by atoms with Crippen molar-refractivity contribution in [2.24, 2.45) is 0 Å². The molecule has 1 saturated heterocycles. The molecule has 0 radical (unpaired) electrons. The quantitative estimate of drug-likeness (QED) is 0.638. The number of benzene rings is 1. The van der Waals surface area contributed by atoms with Crippen LogP contribution in [0, 0.1) is 0 Å². The van der Waals surface area contributed by atoms with Gasteiger partial charge in [-0.25, -0.2) is 4.98 Å². The second kappa shape index (κ2) is 7.12. The van der Waals surface area contributed by atoms with E-state index in [0.717, 1.165) is 18.9 Å². The topological polar surface area (TPSA) is 62.7 Å². The Balaban J connectivity index is 1.64. The minimum Gasteiger partial charge on any atom is -0.427 e. The molecule has 1 aromatic carbocycles. The normalized spacial score (nSPS) is 14.4. The first-order valence-electron chi connectivity index (χ1n) is 7.87. The van der Waals surface area contributed by atoms with Crippen LogP contribution in [0.5, 0.6) is 5.75 Å². The second-order valence-electron chi connectivity index (χ2n) is 5.59. The van der Waals surface area contributed by atoms with Gasteiger partial charge in [-0.15, -0.1) is 0 Å². The van der Waals surface area contributed by atoms with E-state index in [0.29, 0.717) is 24.4 Å². The zero-order valence-electron chi connectivity index (χ0n) is 13.5. The standard InChI is InChI=1S/C18H19N3O3/c1-14(22)24-16-6-4-5-15(13-16)18(23)21-11-9-20(10-12-21)17-7-2-3-8-19-17/h2-8,13H,9-12H2,1H3. The van der Waals surface area contributed by atoms with Gasteiger partial charge in [0.2, 0.25) is 0 Å². The molecule has 6 heteroatoms. The molecule has 0 N–H and O–H groups in total. The van der Waals surface area contributed by atoms with Gasteiger partial charge in [-0.3, -0.25) is 9.59 Å². The van der Waals surface area contributed by atoms with Crippen LogP contribution in [0.4, 0.5) is 5.82 Å². The summed E-state index contributed by atoms with van der Waals surface area (Å²) in [4.78, 5) is 32.0. The van der Waals surface area contributed by atoms with E-state index in [1.807, 2.05) is 23.1 Å². The predicted molar refractivity (Wildman–Crippen MR) is 90.1 cm³/mol. The van der Waals surface area contributed by atoms with Gasteiger partial charge in [0.15, 0.2) is 0 Å². The monoisotopic (exact) mass is 325 g/mol. The summed E-state index contributed by atoms with van der Waals surface area (Å²) in [5.74, 6) is 0.871. The number of piperazine rings is 1. The molecule has 1 aliphatic rings. The molecule has 0 bridgehead atoms. The molecule has 0 unspecified atom stereocenters. The van der Waals surface area contributed by atoms with E-state index in [-0.39, 0.29) is 5.91 Å². The van der Waals surface area contributed by atoms with Gasteiger partial charge < -0.3 is 14.5 Å². The van der Waals surface area contributed by atoms with Crippen LogP contribution in [0.2, 0.25) is 0 Å². The van der Waals surface area contributed by atoms with Gasteiger partial charge in [0.25, 0.3) is 5.91 Å². The van der Waals surface area contributed by atoms with E-state index in [1.54, 1.807) is 30.5 Å². The molecule has 0 aliphatic carbocycles. The summed E-state index contributed by atoms with van der Waals surface area (Å²) in [7, 11) is 0. The third-order valence-electron chi connectivity index (χ3n) is 3.88. The Morgan fingerprint density at radius 3 is 2.50 bits per heavy atom. The van der Waals surface area contributed by atoms with Gasteiger partial charge in [0.1, 0.15) is 11.6 Å². The van der Waals surface area contributed by atoms with Crippen LogP contribution in [0.25, 0.3) is 0 Å². The van der Waals surface area contributed by atoms with E-state index in [1.165, 1.54) is 6.92 Å². The molecule has 3 rings (SSSR count). The first-order valence-corrected chi connectivity index (χ1v) is 7.87. The SMILES string of the molecule is CC(=O)Oc1cccc(C(=O)N2CCN(c3ccccn3)CC2)c1. The van der Waals surface area contributed by atoms with Crippen LogP contribution in [0.3, 0.4) is 0 Å². The van der Waals surface area contributed by atoms with Crippen LogP contribution in [-0.4, -0.2) is 47.9 Å². The van der Waals surface area contributed by atoms with E-state index in [9.17, 15) is 9.59 Å². The van der Waals surface area contributed by atoms with Crippen molar-refractivity contribution in [2.45, 2.75) is 6.92 Å². The lowest BCUT2D eigenvalue weighted by Crippen LogP contribution is -2.49. The highest BCUT2D eigenvalue weighted by atomic mass is 16.5. The largest absolute Gasteiger partial charge is 0.427 e. The molecular weight excluding hydrogens is 306 g/mol. The number of anilines is 1. The van der Waals surface area contributed by atoms with E-state index >= 15 is 0 Å². The fourth-order valence-corrected chi connectivity index (χ4v) is 2.72. The Kier molecular flexibility index (Phi) is 4.74. The predicted octanol–water partition coefficient (Wildman–Crippen LogP) is 1.97. The van der Waals surface area contributed by atoms with Crippen molar-refractivity contribution < 1.29 is 14.3 Å². The van der Waals surface area contributed by atoms with Gasteiger partial charge in [-0.1, -0.05) is 12.1 Å². The average molecular weight is 325 g/mol. The van der Waals surface area contributed by atoms with Gasteiger partial charge in [-0.2, -0.15) is 0 Å². The van der Waals surface area contributed by atoms with E-state index in [2.05, 4.69) is 9.88 Å². The van der Waals surface area contributed by atoms with Crippen LogP contribution in [-0.2, 0) is 4.79 Å². The molecule has 2 heterocycles. The lowest BCUT2D eigenvalue weighted by atomic mass is 10.1. The molecular formula is C18H19N3O3. The summed E-state index contributed by atoms with van der Waals surface area (Å²) in [6.45, 7) is 4.09. The van der Waals surface area contributed by atoms with Crippen molar-refractivity contribution in [3.63, 3.8) is 0 Å². The Hall–Kier alpha value is -2.89. The Morgan fingerprint density at radius 2 is 1.83 bits per heavy atom. The van der Waals surface area contributed by atoms with Crippen LogP contribution in [0.1, 0.15) is 17.3 Å². The highest BCUT2D eigenvalue weighted by molar-refractivity contribution is 5.95. The number of ether oxygens (including phenoxy) is 1. The number of hydrogen-bond donors (Lipinski definition) is 0. The van der Waals surface area contributed by atoms with Crippen molar-refractivity contribution in [2.75, 3.05) is 31.1 Å². The Labute approximate surface area is 140 Å². The van der Waals surface area contributed by atoms with Crippen LogP contribution in [0.15, 0.2) is 48.7 Å². The number of aromatic nitrogens is 1. The zero-order chi connectivity index (χ0) is 16.9. The van der Waals surface area contributed by atoms with Crippen molar-refractivity contribution in [3.8, 4) is 5.75 Å². The number of rotatable bonds is 3. The molecule has 1 fully saturated rings. The number of esters is 1. The minimum atomic E-state index is -0.399. The maximum absolute atomic E-state index is 12.6. The minimum absolute atomic E-state index is 0.0512. The summed E-state index contributed by atoms with van der Waals surface area (Å²) in [6, 6.07) is 12.5. The first kappa shape index (κ1) is 16.0. The second-order valence-corrected chi connectivity index (χ2v) is 5.59. The lowest BCUT2D eigenvalue weighted by molar-refractivity contribution is -0.131. The van der Waals surface area contributed by atoms with Gasteiger partial charge in [0, 0.05) is 44.9 Å².